The number of unbranched alkanes of at least 4 members (excludes halogenated alkanes) is 1. The number of aromatic amines is 1. The molecule has 2 saturated carbocycles. The highest BCUT2D eigenvalue weighted by molar-refractivity contribution is 5.91. The first-order valence-corrected chi connectivity index (χ1v) is 13.9. The topological polar surface area (TPSA) is 152 Å². The number of H-pyrrole nitrogens is 1. The third kappa shape index (κ3) is 7.47. The summed E-state index contributed by atoms with van der Waals surface area (Å²) in [6, 6.07) is 6.13. The summed E-state index contributed by atoms with van der Waals surface area (Å²) in [5, 5.41) is 28.4. The van der Waals surface area contributed by atoms with Crippen molar-refractivity contribution in [2.75, 3.05) is 0 Å². The van der Waals surface area contributed by atoms with Crippen molar-refractivity contribution in [2.24, 2.45) is 0 Å². The molecule has 0 saturated heterocycles. The molecule has 2 fully saturated rings. The first-order valence-electron chi connectivity index (χ1n) is 13.9. The van der Waals surface area contributed by atoms with Crippen molar-refractivity contribution in [3.63, 3.8) is 0 Å². The van der Waals surface area contributed by atoms with E-state index in [9.17, 15) is 18.0 Å². The van der Waals surface area contributed by atoms with Crippen molar-refractivity contribution >= 4 is 22.9 Å². The summed E-state index contributed by atoms with van der Waals surface area (Å²) < 4.78 is 33.5. The Morgan fingerprint density at radius 1 is 1.10 bits per heavy atom. The van der Waals surface area contributed by atoms with E-state index in [-0.39, 0.29) is 5.91 Å². The number of carbonyl (C=O) groups is 2. The number of pyridine rings is 1. The third-order valence-electron chi connectivity index (χ3n) is 7.16. The smallest absolute Gasteiger partial charge is 0.475 e. The van der Waals surface area contributed by atoms with Crippen LogP contribution in [0.5, 0.6) is 0 Å². The lowest BCUT2D eigenvalue weighted by Crippen LogP contribution is -2.23. The maximum absolute atomic E-state index is 12.4. The minimum Gasteiger partial charge on any atom is -0.475 e. The number of aromatic nitrogens is 7. The van der Waals surface area contributed by atoms with Gasteiger partial charge in [0.05, 0.1) is 11.9 Å². The molecule has 0 aliphatic heterocycles. The fourth-order valence-electron chi connectivity index (χ4n) is 4.67. The van der Waals surface area contributed by atoms with Crippen LogP contribution in [0.15, 0.2) is 30.6 Å². The SMILES string of the molecule is Cc1ccc(CNC(=O)c2cn(CCCCc3cc4c(C5CC5)c(C5CC5)[nH]c4nn3)nn2)cn1.O=C(O)C(F)(F)F. The molecule has 2 aliphatic carbocycles. The normalized spacial score (nSPS) is 14.9. The van der Waals surface area contributed by atoms with Gasteiger partial charge in [-0.3, -0.25) is 14.5 Å². The molecule has 42 heavy (non-hydrogen) atoms. The van der Waals surface area contributed by atoms with Gasteiger partial charge in [-0.1, -0.05) is 11.3 Å². The first kappa shape index (κ1) is 29.1. The van der Waals surface area contributed by atoms with Gasteiger partial charge in [0.1, 0.15) is 0 Å². The Labute approximate surface area is 238 Å². The van der Waals surface area contributed by atoms with Gasteiger partial charge in [0.15, 0.2) is 11.3 Å². The van der Waals surface area contributed by atoms with Crippen molar-refractivity contribution in [3.8, 4) is 0 Å². The molecule has 4 aromatic rings. The average Bonchev–Trinajstić information content (AvgIpc) is 3.89. The second-order valence-corrected chi connectivity index (χ2v) is 10.7. The Bertz CT molecular complexity index is 1560. The molecule has 4 heterocycles. The number of rotatable bonds is 10. The fourth-order valence-corrected chi connectivity index (χ4v) is 4.67. The van der Waals surface area contributed by atoms with Gasteiger partial charge >= 0.3 is 12.1 Å². The molecule has 4 aromatic heterocycles. The first-order chi connectivity index (χ1) is 20.1. The second-order valence-electron chi connectivity index (χ2n) is 10.7. The van der Waals surface area contributed by atoms with Crippen LogP contribution in [-0.4, -0.2) is 58.3 Å². The molecular weight excluding hydrogens is 553 g/mol. The van der Waals surface area contributed by atoms with E-state index in [2.05, 4.69) is 41.9 Å². The van der Waals surface area contributed by atoms with E-state index in [1.165, 1.54) is 42.3 Å². The predicted molar refractivity (Wildman–Crippen MR) is 145 cm³/mol. The number of fused-ring (bicyclic) bond motifs is 1. The zero-order chi connectivity index (χ0) is 29.9. The van der Waals surface area contributed by atoms with Crippen LogP contribution in [0.1, 0.15) is 89.1 Å². The zero-order valence-electron chi connectivity index (χ0n) is 23.0. The number of carboxylic acid groups (broad SMARTS) is 1. The van der Waals surface area contributed by atoms with E-state index in [0.29, 0.717) is 30.6 Å². The van der Waals surface area contributed by atoms with Gasteiger partial charge in [-0.15, -0.1) is 10.2 Å². The highest BCUT2D eigenvalue weighted by Crippen LogP contribution is 2.51. The molecule has 14 heteroatoms. The van der Waals surface area contributed by atoms with Crippen molar-refractivity contribution in [2.45, 2.75) is 83.0 Å². The van der Waals surface area contributed by atoms with Gasteiger partial charge in [-0.2, -0.15) is 18.3 Å². The molecule has 3 N–H and O–H groups in total. The van der Waals surface area contributed by atoms with Crippen LogP contribution in [0.3, 0.4) is 0 Å². The van der Waals surface area contributed by atoms with Crippen LogP contribution in [0.4, 0.5) is 13.2 Å². The maximum atomic E-state index is 12.4. The monoisotopic (exact) mass is 584 g/mol. The van der Waals surface area contributed by atoms with Gasteiger partial charge in [0, 0.05) is 36.1 Å². The van der Waals surface area contributed by atoms with Crippen LogP contribution >= 0.6 is 0 Å². The number of halogens is 3. The molecule has 11 nitrogen and oxygen atoms in total. The number of nitrogens with zero attached hydrogens (tertiary/aromatic N) is 6. The van der Waals surface area contributed by atoms with Gasteiger partial charge in [-0.05, 0) is 87.0 Å². The molecule has 0 radical (unpaired) electrons. The lowest BCUT2D eigenvalue weighted by molar-refractivity contribution is -0.192. The Morgan fingerprint density at radius 3 is 2.48 bits per heavy atom. The van der Waals surface area contributed by atoms with Crippen LogP contribution in [0, 0.1) is 6.92 Å². The largest absolute Gasteiger partial charge is 0.490 e. The number of aryl methyl sites for hydroxylation is 3. The molecule has 0 atom stereocenters. The summed E-state index contributed by atoms with van der Waals surface area (Å²) in [5.41, 5.74) is 7.17. The average molecular weight is 585 g/mol. The minimum absolute atomic E-state index is 0.232. The van der Waals surface area contributed by atoms with E-state index in [0.717, 1.165) is 41.9 Å². The van der Waals surface area contributed by atoms with Crippen molar-refractivity contribution in [1.29, 1.82) is 0 Å². The molecule has 222 valence electrons. The van der Waals surface area contributed by atoms with Gasteiger partial charge < -0.3 is 15.4 Å². The van der Waals surface area contributed by atoms with Crippen molar-refractivity contribution in [1.82, 2.24) is 40.5 Å². The standard InChI is InChI=1S/C26H30N8O.C2HF3O2/c1-16-5-6-17(13-27-16)14-28-26(35)22-15-34(33-31-22)11-3-2-4-20-12-21-23(18-7-8-18)24(19-9-10-19)29-25(21)32-30-20;3-2(4,5)1(6)7/h5-6,12-13,15,18-19H,2-4,7-11,14H2,1H3,(H,28,35)(H,29,32);(H,6,7). The summed E-state index contributed by atoms with van der Waals surface area (Å²) >= 11 is 0. The lowest BCUT2D eigenvalue weighted by Gasteiger charge is -2.03. The van der Waals surface area contributed by atoms with Gasteiger partial charge in [-0.25, -0.2) is 4.79 Å². The van der Waals surface area contributed by atoms with Crippen molar-refractivity contribution < 1.29 is 27.9 Å². The number of amides is 1. The van der Waals surface area contributed by atoms with Crippen molar-refractivity contribution in [3.05, 3.63) is 64.5 Å². The zero-order valence-corrected chi connectivity index (χ0v) is 23.0. The molecule has 0 unspecified atom stereocenters. The van der Waals surface area contributed by atoms with E-state index in [4.69, 9.17) is 9.90 Å². The third-order valence-corrected chi connectivity index (χ3v) is 7.16. The van der Waals surface area contributed by atoms with Crippen LogP contribution in [0.2, 0.25) is 0 Å². The molecule has 0 bridgehead atoms. The number of alkyl halides is 3. The fraction of sp³-hybridized carbons (Fsp3) is 0.464. The van der Waals surface area contributed by atoms with Gasteiger partial charge in [0.25, 0.3) is 5.91 Å². The van der Waals surface area contributed by atoms with E-state index in [1.54, 1.807) is 17.1 Å². The summed E-state index contributed by atoms with van der Waals surface area (Å²) in [7, 11) is 0. The molecular formula is C28H31F3N8O3. The Balaban J connectivity index is 0.000000451. The second kappa shape index (κ2) is 12.2. The van der Waals surface area contributed by atoms with E-state index >= 15 is 0 Å². The number of carboxylic acids is 1. The summed E-state index contributed by atoms with van der Waals surface area (Å²) in [6.07, 6.45) is 6.35. The van der Waals surface area contributed by atoms with E-state index < -0.39 is 12.1 Å². The molecule has 1 amide bonds. The summed E-state index contributed by atoms with van der Waals surface area (Å²) in [5.74, 6) is -1.57. The number of hydrogen-bond donors (Lipinski definition) is 3. The molecule has 6 rings (SSSR count). The number of carbonyl (C=O) groups excluding carboxylic acids is 1. The number of aliphatic carboxylic acids is 1. The minimum atomic E-state index is -5.08. The molecule has 0 aromatic carbocycles. The summed E-state index contributed by atoms with van der Waals surface area (Å²) in [6.45, 7) is 3.06. The molecule has 2 aliphatic rings. The Morgan fingerprint density at radius 2 is 1.83 bits per heavy atom. The van der Waals surface area contributed by atoms with Crippen LogP contribution in [-0.2, 0) is 24.3 Å². The van der Waals surface area contributed by atoms with E-state index in [1.807, 2.05) is 19.1 Å². The maximum Gasteiger partial charge on any atom is 0.490 e. The van der Waals surface area contributed by atoms with Crippen LogP contribution < -0.4 is 5.32 Å². The van der Waals surface area contributed by atoms with Crippen LogP contribution in [0.25, 0.3) is 11.0 Å². The highest BCUT2D eigenvalue weighted by atomic mass is 19.4. The molecule has 0 spiro atoms. The number of hydrogen-bond acceptors (Lipinski definition) is 7. The highest BCUT2D eigenvalue weighted by Gasteiger charge is 2.38. The quantitative estimate of drug-likeness (QED) is 0.229. The Kier molecular flexibility index (Phi) is 8.50. The lowest BCUT2D eigenvalue weighted by atomic mass is 10.0. The Hall–Kier alpha value is -4.36. The number of nitrogens with one attached hydrogen (secondary N) is 2. The summed E-state index contributed by atoms with van der Waals surface area (Å²) in [4.78, 5) is 29.1. The van der Waals surface area contributed by atoms with Gasteiger partial charge in [0.2, 0.25) is 0 Å². The predicted octanol–water partition coefficient (Wildman–Crippen LogP) is 4.59.